The Morgan fingerprint density at radius 1 is 1.00 bits per heavy atom. The first-order valence-electron chi connectivity index (χ1n) is 7.48. The molecule has 0 aliphatic carbocycles. The molecule has 0 atom stereocenters. The van der Waals surface area contributed by atoms with E-state index in [9.17, 15) is 0 Å². The maximum absolute atomic E-state index is 4.71. The van der Waals surface area contributed by atoms with Crippen molar-refractivity contribution in [1.82, 2.24) is 15.1 Å². The molecule has 0 aliphatic heterocycles. The standard InChI is InChI=1S/C18H21N3/c1-3-21-18-7-5-4-6-16(18)17(20-21)13-19-12-15-10-8-14(2)9-11-15/h4-11,19H,3,12-13H2,1-2H3. The fraction of sp³-hybridized carbons (Fsp3) is 0.278. The van der Waals surface area contributed by atoms with Gasteiger partial charge in [0, 0.05) is 25.0 Å². The van der Waals surface area contributed by atoms with Gasteiger partial charge in [-0.1, -0.05) is 48.0 Å². The van der Waals surface area contributed by atoms with Gasteiger partial charge in [-0.25, -0.2) is 0 Å². The maximum atomic E-state index is 4.71. The number of benzene rings is 2. The van der Waals surface area contributed by atoms with Crippen LogP contribution in [-0.2, 0) is 19.6 Å². The molecular formula is C18H21N3. The van der Waals surface area contributed by atoms with Gasteiger partial charge in [0.2, 0.25) is 0 Å². The van der Waals surface area contributed by atoms with Crippen LogP contribution >= 0.6 is 0 Å². The van der Waals surface area contributed by atoms with E-state index in [0.29, 0.717) is 0 Å². The molecule has 3 aromatic rings. The van der Waals surface area contributed by atoms with Crippen LogP contribution in [0.2, 0.25) is 0 Å². The molecule has 0 radical (unpaired) electrons. The van der Waals surface area contributed by atoms with Crippen LogP contribution in [0.5, 0.6) is 0 Å². The molecule has 21 heavy (non-hydrogen) atoms. The van der Waals surface area contributed by atoms with Crippen LogP contribution in [-0.4, -0.2) is 9.78 Å². The highest BCUT2D eigenvalue weighted by molar-refractivity contribution is 5.81. The molecular weight excluding hydrogens is 258 g/mol. The number of aromatic nitrogens is 2. The Labute approximate surface area is 125 Å². The third-order valence-corrected chi connectivity index (χ3v) is 3.78. The Kier molecular flexibility index (Phi) is 4.02. The van der Waals surface area contributed by atoms with Gasteiger partial charge in [-0.3, -0.25) is 4.68 Å². The topological polar surface area (TPSA) is 29.9 Å². The van der Waals surface area contributed by atoms with Gasteiger partial charge in [0.25, 0.3) is 0 Å². The molecule has 0 fully saturated rings. The normalized spacial score (nSPS) is 11.1. The van der Waals surface area contributed by atoms with Crippen molar-refractivity contribution in [1.29, 1.82) is 0 Å². The summed E-state index contributed by atoms with van der Waals surface area (Å²) in [4.78, 5) is 0. The van der Waals surface area contributed by atoms with Crippen molar-refractivity contribution >= 4 is 10.9 Å². The lowest BCUT2D eigenvalue weighted by Gasteiger charge is -2.04. The zero-order valence-electron chi connectivity index (χ0n) is 12.6. The molecule has 3 heteroatoms. The van der Waals surface area contributed by atoms with Crippen LogP contribution in [0.3, 0.4) is 0 Å². The van der Waals surface area contributed by atoms with Crippen LogP contribution in [0.25, 0.3) is 10.9 Å². The Morgan fingerprint density at radius 3 is 2.52 bits per heavy atom. The summed E-state index contributed by atoms with van der Waals surface area (Å²) in [5.41, 5.74) is 4.94. The van der Waals surface area contributed by atoms with Crippen molar-refractivity contribution in [3.63, 3.8) is 0 Å². The van der Waals surface area contributed by atoms with Crippen molar-refractivity contribution in [2.24, 2.45) is 0 Å². The number of nitrogens with one attached hydrogen (secondary N) is 1. The molecule has 1 N–H and O–H groups in total. The number of hydrogen-bond donors (Lipinski definition) is 1. The van der Waals surface area contributed by atoms with Gasteiger partial charge >= 0.3 is 0 Å². The minimum Gasteiger partial charge on any atom is -0.307 e. The highest BCUT2D eigenvalue weighted by atomic mass is 15.3. The summed E-state index contributed by atoms with van der Waals surface area (Å²) in [6.45, 7) is 6.80. The minimum atomic E-state index is 0.793. The smallest absolute Gasteiger partial charge is 0.0841 e. The van der Waals surface area contributed by atoms with Gasteiger partial charge in [-0.05, 0) is 25.5 Å². The van der Waals surface area contributed by atoms with Crippen LogP contribution in [0, 0.1) is 6.92 Å². The van der Waals surface area contributed by atoms with Crippen molar-refractivity contribution < 1.29 is 0 Å². The Balaban J connectivity index is 1.72. The van der Waals surface area contributed by atoms with Gasteiger partial charge in [-0.15, -0.1) is 0 Å². The van der Waals surface area contributed by atoms with Crippen LogP contribution < -0.4 is 5.32 Å². The second-order valence-corrected chi connectivity index (χ2v) is 5.37. The van der Waals surface area contributed by atoms with Crippen LogP contribution in [0.15, 0.2) is 48.5 Å². The zero-order valence-corrected chi connectivity index (χ0v) is 12.6. The molecule has 2 aromatic carbocycles. The number of fused-ring (bicyclic) bond motifs is 1. The molecule has 1 heterocycles. The number of para-hydroxylation sites is 1. The maximum Gasteiger partial charge on any atom is 0.0841 e. The second-order valence-electron chi connectivity index (χ2n) is 5.37. The van der Waals surface area contributed by atoms with Crippen molar-refractivity contribution in [2.45, 2.75) is 33.5 Å². The first-order chi connectivity index (χ1) is 10.3. The molecule has 1 aromatic heterocycles. The molecule has 0 bridgehead atoms. The van der Waals surface area contributed by atoms with E-state index in [4.69, 9.17) is 5.10 Å². The predicted molar refractivity (Wildman–Crippen MR) is 87.1 cm³/mol. The van der Waals surface area contributed by atoms with Crippen molar-refractivity contribution in [3.05, 3.63) is 65.4 Å². The molecule has 3 nitrogen and oxygen atoms in total. The lowest BCUT2D eigenvalue weighted by molar-refractivity contribution is 0.631. The average Bonchev–Trinajstić information content (AvgIpc) is 2.88. The largest absolute Gasteiger partial charge is 0.307 e. The molecule has 0 spiro atoms. The molecule has 3 rings (SSSR count). The molecule has 0 aliphatic rings. The first-order valence-corrected chi connectivity index (χ1v) is 7.48. The zero-order chi connectivity index (χ0) is 14.7. The van der Waals surface area contributed by atoms with Gasteiger partial charge in [0.15, 0.2) is 0 Å². The van der Waals surface area contributed by atoms with E-state index < -0.39 is 0 Å². The number of nitrogens with zero attached hydrogens (tertiary/aromatic N) is 2. The highest BCUT2D eigenvalue weighted by Crippen LogP contribution is 2.18. The van der Waals surface area contributed by atoms with E-state index in [-0.39, 0.29) is 0 Å². The van der Waals surface area contributed by atoms with E-state index in [0.717, 1.165) is 25.3 Å². The number of hydrogen-bond acceptors (Lipinski definition) is 2. The van der Waals surface area contributed by atoms with Gasteiger partial charge in [-0.2, -0.15) is 5.10 Å². The minimum absolute atomic E-state index is 0.793. The first kappa shape index (κ1) is 13.8. The average molecular weight is 279 g/mol. The number of aryl methyl sites for hydroxylation is 2. The highest BCUT2D eigenvalue weighted by Gasteiger charge is 2.08. The summed E-state index contributed by atoms with van der Waals surface area (Å²) in [6, 6.07) is 17.1. The fourth-order valence-electron chi connectivity index (χ4n) is 2.60. The van der Waals surface area contributed by atoms with Crippen LogP contribution in [0.4, 0.5) is 0 Å². The fourth-order valence-corrected chi connectivity index (χ4v) is 2.60. The summed E-state index contributed by atoms with van der Waals surface area (Å²) < 4.78 is 2.07. The van der Waals surface area contributed by atoms with E-state index in [1.54, 1.807) is 0 Å². The SMILES string of the molecule is CCn1nc(CNCc2ccc(C)cc2)c2ccccc21. The van der Waals surface area contributed by atoms with Crippen molar-refractivity contribution in [2.75, 3.05) is 0 Å². The monoisotopic (exact) mass is 279 g/mol. The summed E-state index contributed by atoms with van der Waals surface area (Å²) >= 11 is 0. The summed E-state index contributed by atoms with van der Waals surface area (Å²) in [7, 11) is 0. The third-order valence-electron chi connectivity index (χ3n) is 3.78. The van der Waals surface area contributed by atoms with E-state index in [1.807, 2.05) is 0 Å². The molecule has 0 amide bonds. The summed E-state index contributed by atoms with van der Waals surface area (Å²) in [5.74, 6) is 0. The van der Waals surface area contributed by atoms with E-state index in [1.165, 1.54) is 22.0 Å². The summed E-state index contributed by atoms with van der Waals surface area (Å²) in [5, 5.41) is 9.44. The van der Waals surface area contributed by atoms with Crippen molar-refractivity contribution in [3.8, 4) is 0 Å². The summed E-state index contributed by atoms with van der Waals surface area (Å²) in [6.07, 6.45) is 0. The van der Waals surface area contributed by atoms with Gasteiger partial charge in [0.05, 0.1) is 11.2 Å². The van der Waals surface area contributed by atoms with Crippen LogP contribution in [0.1, 0.15) is 23.7 Å². The third kappa shape index (κ3) is 2.98. The number of rotatable bonds is 5. The lowest BCUT2D eigenvalue weighted by atomic mass is 10.1. The molecule has 0 unspecified atom stereocenters. The van der Waals surface area contributed by atoms with E-state index >= 15 is 0 Å². The van der Waals surface area contributed by atoms with Gasteiger partial charge < -0.3 is 5.32 Å². The Morgan fingerprint density at radius 2 is 1.76 bits per heavy atom. The Hall–Kier alpha value is -2.13. The Bertz CT molecular complexity index is 726. The quantitative estimate of drug-likeness (QED) is 0.772. The molecule has 0 saturated carbocycles. The van der Waals surface area contributed by atoms with E-state index in [2.05, 4.69) is 72.4 Å². The predicted octanol–water partition coefficient (Wildman–Crippen LogP) is 3.65. The molecule has 0 saturated heterocycles. The second kappa shape index (κ2) is 6.10. The molecule has 108 valence electrons. The van der Waals surface area contributed by atoms with Gasteiger partial charge in [0.1, 0.15) is 0 Å². The lowest BCUT2D eigenvalue weighted by Crippen LogP contribution is -2.13.